The largest absolute Gasteiger partial charge is 0.470 e. The van der Waals surface area contributed by atoms with Crippen LogP contribution in [0.2, 0.25) is 0 Å². The summed E-state index contributed by atoms with van der Waals surface area (Å²) in [5, 5.41) is 8.96. The van der Waals surface area contributed by atoms with E-state index in [0.29, 0.717) is 0 Å². The molecule has 1 atom stereocenters. The molecule has 0 spiro atoms. The van der Waals surface area contributed by atoms with Gasteiger partial charge in [0.15, 0.2) is 5.78 Å². The lowest BCUT2D eigenvalue weighted by Gasteiger charge is -2.07. The van der Waals surface area contributed by atoms with Crippen molar-refractivity contribution in [3.8, 4) is 0 Å². The summed E-state index contributed by atoms with van der Waals surface area (Å²) in [5.41, 5.74) is 0. The molecule has 0 aromatic rings. The summed E-state index contributed by atoms with van der Waals surface area (Å²) in [6.45, 7) is 2.48. The van der Waals surface area contributed by atoms with Crippen LogP contribution in [0.3, 0.4) is 0 Å². The highest BCUT2D eigenvalue weighted by Crippen LogP contribution is 2.35. The first-order valence-electron chi connectivity index (χ1n) is 3.38. The molecule has 0 aliphatic heterocycles. The molecule has 3 N–H and O–H groups in total. The molecule has 6 nitrogen and oxygen atoms in total. The van der Waals surface area contributed by atoms with E-state index in [1.54, 1.807) is 0 Å². The zero-order chi connectivity index (χ0) is 10.5. The lowest BCUT2D eigenvalue weighted by molar-refractivity contribution is -0.129. The van der Waals surface area contributed by atoms with Crippen LogP contribution < -0.4 is 0 Å². The molecule has 0 saturated heterocycles. The highest BCUT2D eigenvalue weighted by Gasteiger charge is 2.20. The molecule has 7 heteroatoms. The normalized spacial score (nSPS) is 13.8. The fourth-order valence-electron chi connectivity index (χ4n) is 0.533. The van der Waals surface area contributed by atoms with Gasteiger partial charge in [0, 0.05) is 0 Å². The van der Waals surface area contributed by atoms with Gasteiger partial charge in [0.1, 0.15) is 12.7 Å². The SMILES string of the molecule is C=CCC(O)C(=O)COP(=O)(O)O. The van der Waals surface area contributed by atoms with Crippen molar-refractivity contribution < 1.29 is 28.8 Å². The summed E-state index contributed by atoms with van der Waals surface area (Å²) >= 11 is 0. The smallest absolute Gasteiger partial charge is 0.385 e. The standard InChI is InChI=1S/C6H11O6P/c1-2-3-5(7)6(8)4-12-13(9,10)11/h2,5,7H,1,3-4H2,(H2,9,10,11). The molecule has 0 fully saturated rings. The van der Waals surface area contributed by atoms with E-state index in [2.05, 4.69) is 11.1 Å². The number of phosphoric ester groups is 1. The van der Waals surface area contributed by atoms with E-state index in [0.717, 1.165) is 0 Å². The molecule has 0 aromatic carbocycles. The summed E-state index contributed by atoms with van der Waals surface area (Å²) in [5.74, 6) is -0.789. The minimum Gasteiger partial charge on any atom is -0.385 e. The number of hydrogen-bond donors (Lipinski definition) is 3. The second-order valence-corrected chi connectivity index (χ2v) is 3.51. The maximum atomic E-state index is 10.8. The Morgan fingerprint density at radius 3 is 2.54 bits per heavy atom. The fraction of sp³-hybridized carbons (Fsp3) is 0.500. The average Bonchev–Trinajstić information content (AvgIpc) is 1.99. The lowest BCUT2D eigenvalue weighted by atomic mass is 10.2. The Balaban J connectivity index is 3.87. The Bertz CT molecular complexity index is 231. The number of carbonyl (C=O) groups is 1. The molecular weight excluding hydrogens is 199 g/mol. The van der Waals surface area contributed by atoms with Gasteiger partial charge < -0.3 is 14.9 Å². The van der Waals surface area contributed by atoms with Gasteiger partial charge in [-0.25, -0.2) is 4.57 Å². The molecule has 0 bridgehead atoms. The molecule has 0 aromatic heterocycles. The number of aliphatic hydroxyl groups excluding tert-OH is 1. The molecule has 0 aliphatic rings. The van der Waals surface area contributed by atoms with Gasteiger partial charge in [-0.05, 0) is 6.42 Å². The van der Waals surface area contributed by atoms with Crippen molar-refractivity contribution in [3.63, 3.8) is 0 Å². The second-order valence-electron chi connectivity index (χ2n) is 2.27. The molecular formula is C6H11O6P. The predicted octanol–water partition coefficient (Wildman–Crippen LogP) is -0.398. The van der Waals surface area contributed by atoms with Crippen molar-refractivity contribution in [2.24, 2.45) is 0 Å². The van der Waals surface area contributed by atoms with Crippen LogP contribution >= 0.6 is 7.82 Å². The van der Waals surface area contributed by atoms with E-state index in [4.69, 9.17) is 14.9 Å². The Labute approximate surface area is 75.1 Å². The molecule has 1 unspecified atom stereocenters. The number of hydrogen-bond acceptors (Lipinski definition) is 4. The summed E-state index contributed by atoms with van der Waals surface area (Å²) in [6.07, 6.45) is 0.0349. The first-order chi connectivity index (χ1) is 5.87. The number of aliphatic hydroxyl groups is 1. The lowest BCUT2D eigenvalue weighted by Crippen LogP contribution is -2.23. The second kappa shape index (κ2) is 5.26. The van der Waals surface area contributed by atoms with Gasteiger partial charge in [0.2, 0.25) is 0 Å². The third kappa shape index (κ3) is 6.62. The summed E-state index contributed by atoms with van der Waals surface area (Å²) in [7, 11) is -4.64. The quantitative estimate of drug-likeness (QED) is 0.407. The zero-order valence-corrected chi connectivity index (χ0v) is 7.68. The highest BCUT2D eigenvalue weighted by molar-refractivity contribution is 7.46. The molecule has 0 amide bonds. The van der Waals surface area contributed by atoms with Crippen LogP contribution in [-0.4, -0.2) is 33.4 Å². The van der Waals surface area contributed by atoms with Crippen LogP contribution in [0.1, 0.15) is 6.42 Å². The van der Waals surface area contributed by atoms with Crippen molar-refractivity contribution in [2.45, 2.75) is 12.5 Å². The fourth-order valence-corrected chi connectivity index (χ4v) is 0.829. The van der Waals surface area contributed by atoms with Crippen LogP contribution in [0.5, 0.6) is 0 Å². The van der Waals surface area contributed by atoms with E-state index < -0.39 is 26.3 Å². The zero-order valence-electron chi connectivity index (χ0n) is 6.79. The van der Waals surface area contributed by atoms with Crippen molar-refractivity contribution in [1.82, 2.24) is 0 Å². The Morgan fingerprint density at radius 2 is 2.15 bits per heavy atom. The summed E-state index contributed by atoms with van der Waals surface area (Å²) < 4.78 is 14.0. The first kappa shape index (κ1) is 12.5. The average molecular weight is 210 g/mol. The van der Waals surface area contributed by atoms with Gasteiger partial charge >= 0.3 is 7.82 Å². The highest BCUT2D eigenvalue weighted by atomic mass is 31.2. The molecule has 0 aliphatic carbocycles. The number of rotatable bonds is 6. The third-order valence-electron chi connectivity index (χ3n) is 1.14. The van der Waals surface area contributed by atoms with E-state index in [-0.39, 0.29) is 6.42 Å². The number of phosphoric acid groups is 1. The Hall–Kier alpha value is -0.520. The predicted molar refractivity (Wildman–Crippen MR) is 43.8 cm³/mol. The van der Waals surface area contributed by atoms with Gasteiger partial charge in [-0.3, -0.25) is 9.32 Å². The van der Waals surface area contributed by atoms with E-state index in [1.165, 1.54) is 6.08 Å². The van der Waals surface area contributed by atoms with Gasteiger partial charge in [0.25, 0.3) is 0 Å². The summed E-state index contributed by atoms with van der Waals surface area (Å²) in [4.78, 5) is 27.2. The molecule has 0 rings (SSSR count). The van der Waals surface area contributed by atoms with Crippen molar-refractivity contribution in [3.05, 3.63) is 12.7 Å². The van der Waals surface area contributed by atoms with E-state index in [1.807, 2.05) is 0 Å². The van der Waals surface area contributed by atoms with Gasteiger partial charge in [-0.2, -0.15) is 0 Å². The maximum Gasteiger partial charge on any atom is 0.470 e. The molecule has 0 radical (unpaired) electrons. The van der Waals surface area contributed by atoms with Crippen LogP contribution in [0.4, 0.5) is 0 Å². The van der Waals surface area contributed by atoms with Crippen LogP contribution in [-0.2, 0) is 13.9 Å². The van der Waals surface area contributed by atoms with Crippen molar-refractivity contribution >= 4 is 13.6 Å². The van der Waals surface area contributed by atoms with E-state index in [9.17, 15) is 9.36 Å². The minimum atomic E-state index is -4.64. The van der Waals surface area contributed by atoms with Gasteiger partial charge in [-0.1, -0.05) is 6.08 Å². The third-order valence-corrected chi connectivity index (χ3v) is 1.60. The van der Waals surface area contributed by atoms with Gasteiger partial charge in [0.05, 0.1) is 0 Å². The van der Waals surface area contributed by atoms with Crippen LogP contribution in [0.15, 0.2) is 12.7 Å². The number of Topliss-reactive ketones (excluding diaryl/α,β-unsaturated/α-hetero) is 1. The molecule has 0 saturated carbocycles. The Morgan fingerprint density at radius 1 is 1.62 bits per heavy atom. The molecule has 13 heavy (non-hydrogen) atoms. The minimum absolute atomic E-state index is 0.0311. The maximum absolute atomic E-state index is 10.8. The topological polar surface area (TPSA) is 104 Å². The van der Waals surface area contributed by atoms with Gasteiger partial charge in [-0.15, -0.1) is 6.58 Å². The van der Waals surface area contributed by atoms with Crippen LogP contribution in [0, 0.1) is 0 Å². The monoisotopic (exact) mass is 210 g/mol. The molecule has 0 heterocycles. The first-order valence-corrected chi connectivity index (χ1v) is 4.91. The van der Waals surface area contributed by atoms with Crippen molar-refractivity contribution in [1.29, 1.82) is 0 Å². The Kier molecular flexibility index (Phi) is 5.05. The molecule has 76 valence electrons. The number of ketones is 1. The summed E-state index contributed by atoms with van der Waals surface area (Å²) in [6, 6.07) is 0. The van der Waals surface area contributed by atoms with Crippen molar-refractivity contribution in [2.75, 3.05) is 6.61 Å². The number of carbonyl (C=O) groups excluding carboxylic acids is 1. The van der Waals surface area contributed by atoms with E-state index >= 15 is 0 Å². The van der Waals surface area contributed by atoms with Crippen LogP contribution in [0.25, 0.3) is 0 Å².